The molecule has 51 heavy (non-hydrogen) atoms. The Balaban J connectivity index is 0.00000168. The zero-order chi connectivity index (χ0) is 33.2. The summed E-state index contributed by atoms with van der Waals surface area (Å²) < 4.78 is 51.4. The molecule has 8 rings (SSSR count). The first-order valence-electron chi connectivity index (χ1n) is 14.8. The van der Waals surface area contributed by atoms with Gasteiger partial charge in [-0.15, -0.1) is 0 Å². The molecular formula is C25H38N11O10P2S3+. The van der Waals surface area contributed by atoms with Crippen LogP contribution in [-0.2, 0) is 50.4 Å². The van der Waals surface area contributed by atoms with Crippen LogP contribution in [0.3, 0.4) is 0 Å². The standard InChI is InChI=1S/C25H29N9O10P2S2.2H3N.H2S/c35-17-13-6-39-45(37,47)43-19-14-7-40-46(38,48)44-20(17)25(41-13)34-10-31-15-12(27-8-29-22(15)34)4-2-1-3-5-26-21-16-23(30-9-28-21)33(11-32-16)24(42-14)18(19)36;;;/h1,3,8-11,13-14,17-20,24-25,35-36H,2,4-7H2,(H,37,47)(H,38,48)(H,26,28,30);2*1H3;1H2/p+1/b3-1+;;;/t13-,14-,17-,18-,19-,20-,24?,25-,45?,46?;;;/m1.../s1. The lowest BCUT2D eigenvalue weighted by Crippen LogP contribution is -2.37. The van der Waals surface area contributed by atoms with Crippen molar-refractivity contribution in [3.05, 3.63) is 43.2 Å². The maximum Gasteiger partial charge on any atom is 0.386 e. The third-order valence-corrected chi connectivity index (χ3v) is 11.5. The molecule has 0 aromatic carbocycles. The number of hydrogen-bond donors (Lipinski definition) is 6. The first-order valence-corrected chi connectivity index (χ1v) is 20.0. The molecule has 12 bridgehead atoms. The second kappa shape index (κ2) is 15.6. The van der Waals surface area contributed by atoms with E-state index >= 15 is 0 Å². The zero-order valence-corrected chi connectivity index (χ0v) is 31.6. The second-order valence-electron chi connectivity index (χ2n) is 11.3. The van der Waals surface area contributed by atoms with Crippen molar-refractivity contribution >= 4 is 79.2 Å². The number of aryl methyl sites for hydroxylation is 1. The molecule has 0 amide bonds. The van der Waals surface area contributed by atoms with Gasteiger partial charge < -0.3 is 51.2 Å². The highest BCUT2D eigenvalue weighted by Crippen LogP contribution is 2.57. The van der Waals surface area contributed by atoms with Crippen LogP contribution in [0.1, 0.15) is 24.6 Å². The molecule has 0 saturated carbocycles. The number of allylic oxidation sites excluding steroid dienone is 1. The van der Waals surface area contributed by atoms with Gasteiger partial charge in [-0.2, -0.15) is 13.5 Å². The fourth-order valence-corrected chi connectivity index (χ4v) is 9.01. The number of nitrogens with one attached hydrogen (secondary N) is 1. The van der Waals surface area contributed by atoms with Gasteiger partial charge >= 0.3 is 6.80 Å². The van der Waals surface area contributed by atoms with Gasteiger partial charge in [0.25, 0.3) is 0 Å². The molecule has 4 aromatic heterocycles. The number of aromatic nitrogens is 8. The lowest BCUT2D eigenvalue weighted by atomic mass is 10.1. The minimum Gasteiger partial charge on any atom is -0.780 e. The molecule has 4 aliphatic heterocycles. The molecule has 0 radical (unpaired) electrons. The van der Waals surface area contributed by atoms with Crippen molar-refractivity contribution < 1.29 is 47.2 Å². The predicted octanol–water partition coefficient (Wildman–Crippen LogP) is 1.40. The quantitative estimate of drug-likeness (QED) is 0.0830. The van der Waals surface area contributed by atoms with Crippen molar-refractivity contribution in [2.24, 2.45) is 0 Å². The summed E-state index contributed by atoms with van der Waals surface area (Å²) >= 11 is 9.38. The molecular weight excluding hydrogens is 772 g/mol. The summed E-state index contributed by atoms with van der Waals surface area (Å²) in [5, 5.41) is 25.9. The number of anilines is 1. The Hall–Kier alpha value is -2.22. The minimum atomic E-state index is -4.41. The molecule has 4 aliphatic rings. The molecule has 3 unspecified atom stereocenters. The van der Waals surface area contributed by atoms with Crippen molar-refractivity contribution in [3.8, 4) is 0 Å². The van der Waals surface area contributed by atoms with E-state index in [4.69, 9.17) is 39.4 Å². The number of thiol groups is 1. The Morgan fingerprint density at radius 3 is 2.31 bits per heavy atom. The summed E-state index contributed by atoms with van der Waals surface area (Å²) in [4.78, 5) is 40.0. The Kier molecular flexibility index (Phi) is 12.3. The topological polar surface area (TPSA) is 308 Å². The molecule has 3 saturated heterocycles. The van der Waals surface area contributed by atoms with Crippen molar-refractivity contribution in [1.29, 1.82) is 0 Å². The maximum absolute atomic E-state index is 13.6. The van der Waals surface area contributed by atoms with Crippen LogP contribution in [0.5, 0.6) is 0 Å². The van der Waals surface area contributed by atoms with E-state index in [-0.39, 0.29) is 25.8 Å². The normalized spacial score (nSPS) is 35.9. The average Bonchev–Trinajstić information content (AvgIpc) is 3.81. The number of quaternary nitrogens is 2. The van der Waals surface area contributed by atoms with E-state index in [0.29, 0.717) is 53.2 Å². The molecule has 11 N–H and O–H groups in total. The van der Waals surface area contributed by atoms with Crippen LogP contribution < -0.4 is 22.5 Å². The first kappa shape index (κ1) is 40.0. The van der Waals surface area contributed by atoms with Gasteiger partial charge in [0.15, 0.2) is 35.1 Å². The zero-order valence-electron chi connectivity index (χ0n) is 27.1. The van der Waals surface area contributed by atoms with Gasteiger partial charge in [-0.3, -0.25) is 18.2 Å². The van der Waals surface area contributed by atoms with Crippen molar-refractivity contribution in [2.45, 2.75) is 61.9 Å². The van der Waals surface area contributed by atoms with E-state index in [1.807, 2.05) is 12.2 Å². The molecule has 8 heterocycles. The summed E-state index contributed by atoms with van der Waals surface area (Å²) in [5.41, 5.74) is 2.21. The van der Waals surface area contributed by atoms with E-state index in [0.717, 1.165) is 0 Å². The maximum atomic E-state index is 13.6. The molecule has 10 atom stereocenters. The van der Waals surface area contributed by atoms with Gasteiger partial charge in [-0.1, -0.05) is 36.2 Å². The van der Waals surface area contributed by atoms with Gasteiger partial charge in [0.05, 0.1) is 31.6 Å². The second-order valence-corrected chi connectivity index (χ2v) is 16.9. The fourth-order valence-electron chi connectivity index (χ4n) is 6.12. The molecule has 3 fully saturated rings. The Morgan fingerprint density at radius 2 is 1.53 bits per heavy atom. The van der Waals surface area contributed by atoms with E-state index in [2.05, 4.69) is 47.5 Å². The van der Waals surface area contributed by atoms with E-state index in [1.165, 1.54) is 34.4 Å². The van der Waals surface area contributed by atoms with Gasteiger partial charge in [-0.05, 0) is 12.8 Å². The SMILES string of the molecule is O=P1(S)OC[C@H]2O[C@@H]3[C@H](OP([O-])(=S)OC[C@H]4OC([C@H](O)[C@@H]4O1)n1cnc4c(ncnc41)NC/C=C/CCc1ncnc4c1ncn43)[C@@H]2O.S.[NH4+].[NH4+]. The van der Waals surface area contributed by atoms with Gasteiger partial charge in [0.2, 0.25) is 0 Å². The average molecular weight is 811 g/mol. The Morgan fingerprint density at radius 1 is 0.863 bits per heavy atom. The highest BCUT2D eigenvalue weighted by Gasteiger charge is 2.52. The molecule has 26 heteroatoms. The number of imidazole rings is 2. The van der Waals surface area contributed by atoms with Crippen molar-refractivity contribution in [3.63, 3.8) is 0 Å². The molecule has 4 aromatic rings. The molecule has 280 valence electrons. The number of ether oxygens (including phenoxy) is 2. The summed E-state index contributed by atoms with van der Waals surface area (Å²) in [6, 6.07) is 0. The van der Waals surface area contributed by atoms with E-state index < -0.39 is 75.8 Å². The lowest BCUT2D eigenvalue weighted by molar-refractivity contribution is -0.218. The largest absolute Gasteiger partial charge is 0.780 e. The number of rotatable bonds is 0. The van der Waals surface area contributed by atoms with Crippen LogP contribution in [0, 0.1) is 0 Å². The van der Waals surface area contributed by atoms with Gasteiger partial charge in [-0.25, -0.2) is 34.5 Å². The van der Waals surface area contributed by atoms with Gasteiger partial charge in [0.1, 0.15) is 61.5 Å². The summed E-state index contributed by atoms with van der Waals surface area (Å²) in [5.74, 6) is 0.439. The predicted molar refractivity (Wildman–Crippen MR) is 191 cm³/mol. The number of fused-ring (bicyclic) bond motifs is 7. The van der Waals surface area contributed by atoms with Crippen LogP contribution in [0.25, 0.3) is 22.3 Å². The van der Waals surface area contributed by atoms with Crippen molar-refractivity contribution in [1.82, 2.24) is 51.3 Å². The molecule has 0 aliphatic carbocycles. The summed E-state index contributed by atoms with van der Waals surface area (Å²) in [7, 11) is 0. The Bertz CT molecular complexity index is 1990. The molecule has 21 nitrogen and oxygen atoms in total. The van der Waals surface area contributed by atoms with Crippen LogP contribution in [0.2, 0.25) is 0 Å². The van der Waals surface area contributed by atoms with Crippen LogP contribution in [0.15, 0.2) is 37.5 Å². The minimum absolute atomic E-state index is 0. The van der Waals surface area contributed by atoms with Crippen LogP contribution in [0.4, 0.5) is 5.82 Å². The fraction of sp³-hybridized carbons (Fsp3) is 0.520. The smallest absolute Gasteiger partial charge is 0.386 e. The lowest BCUT2D eigenvalue weighted by Gasteiger charge is -2.34. The highest BCUT2D eigenvalue weighted by molar-refractivity contribution is 8.44. The third-order valence-electron chi connectivity index (χ3n) is 8.37. The monoisotopic (exact) mass is 810 g/mol. The van der Waals surface area contributed by atoms with Gasteiger partial charge in [0, 0.05) is 6.54 Å². The number of aliphatic hydroxyl groups excluding tert-OH is 2. The highest BCUT2D eigenvalue weighted by atomic mass is 32.7. The van der Waals surface area contributed by atoms with E-state index in [9.17, 15) is 19.7 Å². The first-order chi connectivity index (χ1) is 23.1. The molecule has 0 spiro atoms. The number of hydrogen-bond acceptors (Lipinski definition) is 18. The summed E-state index contributed by atoms with van der Waals surface area (Å²) in [6.45, 7) is -9.31. The third kappa shape index (κ3) is 7.60. The van der Waals surface area contributed by atoms with Crippen LogP contribution >= 0.6 is 39.3 Å². The number of nitrogens with zero attached hydrogens (tertiary/aromatic N) is 8. The van der Waals surface area contributed by atoms with Crippen LogP contribution in [-0.4, -0.2) is 106 Å². The number of aliphatic hydroxyl groups is 2. The Labute approximate surface area is 307 Å². The summed E-state index contributed by atoms with van der Waals surface area (Å²) in [6.07, 6.45) is 0.115. The van der Waals surface area contributed by atoms with Crippen molar-refractivity contribution in [2.75, 3.05) is 25.1 Å². The van der Waals surface area contributed by atoms with E-state index in [1.54, 1.807) is 0 Å².